The van der Waals surface area contributed by atoms with Crippen LogP contribution in [0.15, 0.2) is 0 Å². The first-order valence-corrected chi connectivity index (χ1v) is 5.54. The molecule has 0 aromatic heterocycles. The molecule has 0 aromatic rings. The van der Waals surface area contributed by atoms with E-state index < -0.39 is 0 Å². The second-order valence-electron chi connectivity index (χ2n) is 3.56. The minimum absolute atomic E-state index is 0.0645. The summed E-state index contributed by atoms with van der Waals surface area (Å²) in [6.07, 6.45) is 1.08. The van der Waals surface area contributed by atoms with Gasteiger partial charge in [0.1, 0.15) is 0 Å². The predicted octanol–water partition coefficient (Wildman–Crippen LogP) is 0.871. The highest BCUT2D eigenvalue weighted by Crippen LogP contribution is 1.96. The van der Waals surface area contributed by atoms with E-state index in [9.17, 15) is 9.59 Å². The molecule has 0 saturated carbocycles. The lowest BCUT2D eigenvalue weighted by Gasteiger charge is -2.12. The average Bonchev–Trinajstić information content (AvgIpc) is 2.24. The van der Waals surface area contributed by atoms with Crippen molar-refractivity contribution in [1.29, 1.82) is 0 Å². The first-order valence-electron chi connectivity index (χ1n) is 5.54. The van der Waals surface area contributed by atoms with Crippen LogP contribution in [0.2, 0.25) is 0 Å². The first-order chi connectivity index (χ1) is 7.60. The van der Waals surface area contributed by atoms with Gasteiger partial charge >= 0.3 is 5.97 Å². The van der Waals surface area contributed by atoms with Crippen LogP contribution in [-0.2, 0) is 19.1 Å². The van der Waals surface area contributed by atoms with Crippen molar-refractivity contribution in [3.05, 3.63) is 0 Å². The quantitative estimate of drug-likeness (QED) is 0.630. The second-order valence-corrected chi connectivity index (χ2v) is 3.56. The fourth-order valence-corrected chi connectivity index (χ4v) is 1.16. The summed E-state index contributed by atoms with van der Waals surface area (Å²) in [4.78, 5) is 22.3. The molecule has 0 aliphatic rings. The maximum Gasteiger partial charge on any atom is 0.306 e. The summed E-state index contributed by atoms with van der Waals surface area (Å²) in [6.45, 7) is 4.61. The van der Waals surface area contributed by atoms with Gasteiger partial charge in [-0.05, 0) is 20.3 Å². The summed E-state index contributed by atoms with van der Waals surface area (Å²) in [5, 5.41) is 2.79. The average molecular weight is 231 g/mol. The molecule has 0 radical (unpaired) electrons. The molecule has 94 valence electrons. The van der Waals surface area contributed by atoms with E-state index >= 15 is 0 Å². The zero-order chi connectivity index (χ0) is 12.4. The molecule has 5 heteroatoms. The molecule has 1 unspecified atom stereocenters. The molecule has 5 nitrogen and oxygen atoms in total. The fourth-order valence-electron chi connectivity index (χ4n) is 1.16. The number of carbonyl (C=O) groups excluding carboxylic acids is 2. The number of nitrogens with one attached hydrogen (secondary N) is 1. The van der Waals surface area contributed by atoms with Crippen molar-refractivity contribution in [1.82, 2.24) is 5.32 Å². The van der Waals surface area contributed by atoms with Gasteiger partial charge < -0.3 is 14.8 Å². The molecule has 0 aliphatic heterocycles. The van der Waals surface area contributed by atoms with Gasteiger partial charge in [-0.3, -0.25) is 9.59 Å². The van der Waals surface area contributed by atoms with E-state index in [0.717, 1.165) is 6.42 Å². The van der Waals surface area contributed by atoms with Gasteiger partial charge in [0.2, 0.25) is 5.91 Å². The molecule has 0 spiro atoms. The highest BCUT2D eigenvalue weighted by atomic mass is 16.5. The Morgan fingerprint density at radius 1 is 1.31 bits per heavy atom. The summed E-state index contributed by atoms with van der Waals surface area (Å²) in [5.41, 5.74) is 0. The summed E-state index contributed by atoms with van der Waals surface area (Å²) >= 11 is 0. The van der Waals surface area contributed by atoms with Crippen molar-refractivity contribution in [2.45, 2.75) is 39.2 Å². The van der Waals surface area contributed by atoms with Crippen molar-refractivity contribution >= 4 is 11.9 Å². The number of rotatable bonds is 8. The van der Waals surface area contributed by atoms with Crippen LogP contribution < -0.4 is 5.32 Å². The molecule has 0 bridgehead atoms. The molecule has 0 heterocycles. The third-order valence-corrected chi connectivity index (χ3v) is 2.02. The van der Waals surface area contributed by atoms with Crippen LogP contribution in [0.5, 0.6) is 0 Å². The number of amides is 1. The Labute approximate surface area is 96.5 Å². The van der Waals surface area contributed by atoms with E-state index in [1.165, 1.54) is 0 Å². The number of carbonyl (C=O) groups is 2. The van der Waals surface area contributed by atoms with E-state index in [4.69, 9.17) is 9.47 Å². The number of ether oxygens (including phenoxy) is 2. The SMILES string of the molecule is CCOC(=O)CCC(=O)NC(C)CCOC. The molecule has 0 fully saturated rings. The van der Waals surface area contributed by atoms with E-state index in [1.807, 2.05) is 6.92 Å². The van der Waals surface area contributed by atoms with Gasteiger partial charge in [-0.25, -0.2) is 0 Å². The van der Waals surface area contributed by atoms with Crippen LogP contribution in [0.4, 0.5) is 0 Å². The number of hydrogen-bond acceptors (Lipinski definition) is 4. The van der Waals surface area contributed by atoms with Crippen molar-refractivity contribution in [2.75, 3.05) is 20.3 Å². The van der Waals surface area contributed by atoms with Crippen LogP contribution in [0, 0.1) is 0 Å². The number of hydrogen-bond donors (Lipinski definition) is 1. The summed E-state index contributed by atoms with van der Waals surface area (Å²) in [6, 6.07) is 0.0645. The highest BCUT2D eigenvalue weighted by Gasteiger charge is 2.09. The lowest BCUT2D eigenvalue weighted by molar-refractivity contribution is -0.144. The summed E-state index contributed by atoms with van der Waals surface area (Å²) < 4.78 is 9.62. The molecular weight excluding hydrogens is 210 g/mol. The zero-order valence-electron chi connectivity index (χ0n) is 10.2. The zero-order valence-corrected chi connectivity index (χ0v) is 10.2. The van der Waals surface area contributed by atoms with Gasteiger partial charge in [0.15, 0.2) is 0 Å². The normalized spacial score (nSPS) is 11.9. The smallest absolute Gasteiger partial charge is 0.306 e. The maximum absolute atomic E-state index is 11.4. The first kappa shape index (κ1) is 14.9. The lowest BCUT2D eigenvalue weighted by Crippen LogP contribution is -2.33. The standard InChI is InChI=1S/C11H21NO4/c1-4-16-11(14)6-5-10(13)12-9(2)7-8-15-3/h9H,4-8H2,1-3H3,(H,12,13). The minimum atomic E-state index is -0.331. The molecule has 0 aliphatic carbocycles. The van der Waals surface area contributed by atoms with E-state index in [0.29, 0.717) is 13.2 Å². The van der Waals surface area contributed by atoms with E-state index in [-0.39, 0.29) is 30.8 Å². The molecular formula is C11H21NO4. The van der Waals surface area contributed by atoms with Gasteiger partial charge in [-0.15, -0.1) is 0 Å². The maximum atomic E-state index is 11.4. The van der Waals surface area contributed by atoms with Crippen LogP contribution in [-0.4, -0.2) is 38.2 Å². The number of esters is 1. The molecule has 0 aromatic carbocycles. The van der Waals surface area contributed by atoms with Gasteiger partial charge in [0, 0.05) is 26.2 Å². The molecule has 0 rings (SSSR count). The van der Waals surface area contributed by atoms with Crippen LogP contribution in [0.25, 0.3) is 0 Å². The van der Waals surface area contributed by atoms with Crippen LogP contribution in [0.3, 0.4) is 0 Å². The molecule has 1 amide bonds. The number of methoxy groups -OCH3 is 1. The molecule has 1 atom stereocenters. The van der Waals surface area contributed by atoms with E-state index in [1.54, 1.807) is 14.0 Å². The Balaban J connectivity index is 3.61. The van der Waals surface area contributed by atoms with E-state index in [2.05, 4.69) is 5.32 Å². The predicted molar refractivity (Wildman–Crippen MR) is 60.0 cm³/mol. The van der Waals surface area contributed by atoms with Crippen molar-refractivity contribution in [3.8, 4) is 0 Å². The monoisotopic (exact) mass is 231 g/mol. The van der Waals surface area contributed by atoms with Gasteiger partial charge in [0.05, 0.1) is 13.0 Å². The van der Waals surface area contributed by atoms with Gasteiger partial charge in [-0.2, -0.15) is 0 Å². The highest BCUT2D eigenvalue weighted by molar-refractivity contribution is 5.81. The minimum Gasteiger partial charge on any atom is -0.466 e. The molecule has 1 N–H and O–H groups in total. The summed E-state index contributed by atoms with van der Waals surface area (Å²) in [7, 11) is 1.62. The third kappa shape index (κ3) is 8.23. The Morgan fingerprint density at radius 2 is 2.00 bits per heavy atom. The Kier molecular flexibility index (Phi) is 8.52. The van der Waals surface area contributed by atoms with Gasteiger partial charge in [0.25, 0.3) is 0 Å². The Morgan fingerprint density at radius 3 is 2.56 bits per heavy atom. The Bertz CT molecular complexity index is 218. The third-order valence-electron chi connectivity index (χ3n) is 2.02. The second kappa shape index (κ2) is 9.15. The topological polar surface area (TPSA) is 64.6 Å². The Hall–Kier alpha value is -1.10. The van der Waals surface area contributed by atoms with Gasteiger partial charge in [-0.1, -0.05) is 0 Å². The largest absolute Gasteiger partial charge is 0.466 e. The fraction of sp³-hybridized carbons (Fsp3) is 0.818. The summed E-state index contributed by atoms with van der Waals surface area (Å²) in [5.74, 6) is -0.459. The molecule has 16 heavy (non-hydrogen) atoms. The molecule has 0 saturated heterocycles. The lowest BCUT2D eigenvalue weighted by atomic mass is 10.2. The van der Waals surface area contributed by atoms with Crippen molar-refractivity contribution in [2.24, 2.45) is 0 Å². The van der Waals surface area contributed by atoms with Crippen molar-refractivity contribution < 1.29 is 19.1 Å². The van der Waals surface area contributed by atoms with Crippen LogP contribution >= 0.6 is 0 Å². The van der Waals surface area contributed by atoms with Crippen molar-refractivity contribution in [3.63, 3.8) is 0 Å². The van der Waals surface area contributed by atoms with Crippen LogP contribution in [0.1, 0.15) is 33.1 Å².